The van der Waals surface area contributed by atoms with Crippen LogP contribution in [-0.4, -0.2) is 72.0 Å². The number of carbonyl (C=O) groups excluding carboxylic acids is 2. The van der Waals surface area contributed by atoms with Crippen LogP contribution >= 0.6 is 0 Å². The molecule has 0 N–H and O–H groups in total. The van der Waals surface area contributed by atoms with E-state index >= 15 is 0 Å². The van der Waals surface area contributed by atoms with Gasteiger partial charge in [0.05, 0.1) is 24.8 Å². The first kappa shape index (κ1) is 20.5. The summed E-state index contributed by atoms with van der Waals surface area (Å²) < 4.78 is 5.45. The number of nitrogens with zero attached hydrogens (tertiary/aromatic N) is 4. The van der Waals surface area contributed by atoms with Crippen molar-refractivity contribution in [3.8, 4) is 5.75 Å². The van der Waals surface area contributed by atoms with E-state index < -0.39 is 0 Å². The van der Waals surface area contributed by atoms with Crippen LogP contribution in [0.15, 0.2) is 48.7 Å². The molecule has 2 aliphatic rings. The van der Waals surface area contributed by atoms with E-state index in [0.29, 0.717) is 12.3 Å². The summed E-state index contributed by atoms with van der Waals surface area (Å²) in [7, 11) is 0. The number of carbonyl (C=O) groups is 2. The smallest absolute Gasteiger partial charge is 0.251 e. The molecular formula is C23H28N4O3. The molecule has 0 saturated carbocycles. The monoisotopic (exact) mass is 408 g/mol. The molecule has 1 unspecified atom stereocenters. The van der Waals surface area contributed by atoms with E-state index in [9.17, 15) is 9.59 Å². The van der Waals surface area contributed by atoms with Gasteiger partial charge in [0.15, 0.2) is 0 Å². The fourth-order valence-electron chi connectivity index (χ4n) is 4.15. The molecule has 158 valence electrons. The van der Waals surface area contributed by atoms with Gasteiger partial charge in [-0.1, -0.05) is 6.07 Å². The summed E-state index contributed by atoms with van der Waals surface area (Å²) in [5.41, 5.74) is 1.72. The predicted molar refractivity (Wildman–Crippen MR) is 114 cm³/mol. The molecule has 1 aromatic carbocycles. The van der Waals surface area contributed by atoms with Gasteiger partial charge in [-0.25, -0.2) is 4.90 Å². The minimum atomic E-state index is -0.359. The predicted octanol–water partition coefficient (Wildman–Crippen LogP) is 1.97. The Balaban J connectivity index is 1.32. The number of amides is 2. The van der Waals surface area contributed by atoms with Crippen LogP contribution in [-0.2, 0) is 16.0 Å². The maximum atomic E-state index is 13.0. The second-order valence-corrected chi connectivity index (χ2v) is 7.66. The lowest BCUT2D eigenvalue weighted by molar-refractivity contribution is -0.123. The first-order valence-corrected chi connectivity index (χ1v) is 10.6. The number of piperazine rings is 1. The molecule has 2 aromatic rings. The third kappa shape index (κ3) is 4.52. The minimum absolute atomic E-state index is 0.119. The lowest BCUT2D eigenvalue weighted by Crippen LogP contribution is -2.52. The molecule has 1 aromatic heterocycles. The molecule has 0 radical (unpaired) electrons. The van der Waals surface area contributed by atoms with Gasteiger partial charge in [-0.05, 0) is 43.3 Å². The van der Waals surface area contributed by atoms with Crippen LogP contribution in [0.2, 0.25) is 0 Å². The van der Waals surface area contributed by atoms with E-state index in [-0.39, 0.29) is 24.3 Å². The second-order valence-electron chi connectivity index (χ2n) is 7.66. The Kier molecular flexibility index (Phi) is 6.40. The Morgan fingerprint density at radius 1 is 1.03 bits per heavy atom. The van der Waals surface area contributed by atoms with E-state index in [0.717, 1.165) is 50.6 Å². The summed E-state index contributed by atoms with van der Waals surface area (Å²) >= 11 is 0. The fraction of sp³-hybridized carbons (Fsp3) is 0.435. The van der Waals surface area contributed by atoms with Crippen molar-refractivity contribution in [2.24, 2.45) is 0 Å². The minimum Gasteiger partial charge on any atom is -0.494 e. The van der Waals surface area contributed by atoms with Crippen LogP contribution in [0.1, 0.15) is 19.0 Å². The summed E-state index contributed by atoms with van der Waals surface area (Å²) in [5.74, 6) is 0.483. The van der Waals surface area contributed by atoms with Gasteiger partial charge in [-0.3, -0.25) is 19.5 Å². The topological polar surface area (TPSA) is 66.0 Å². The van der Waals surface area contributed by atoms with E-state index in [1.165, 1.54) is 4.90 Å². The molecule has 2 fully saturated rings. The summed E-state index contributed by atoms with van der Waals surface area (Å²) in [5, 5.41) is 0. The second kappa shape index (κ2) is 9.36. The summed E-state index contributed by atoms with van der Waals surface area (Å²) in [4.78, 5) is 35.9. The number of hydrogen-bond acceptors (Lipinski definition) is 6. The van der Waals surface area contributed by atoms with Gasteiger partial charge in [-0.15, -0.1) is 0 Å². The van der Waals surface area contributed by atoms with E-state index in [1.807, 2.05) is 25.3 Å². The summed E-state index contributed by atoms with van der Waals surface area (Å²) in [6.07, 6.45) is 3.00. The highest BCUT2D eigenvalue weighted by Crippen LogP contribution is 2.28. The summed E-state index contributed by atoms with van der Waals surface area (Å²) in [6, 6.07) is 12.8. The molecule has 0 bridgehead atoms. The fourth-order valence-corrected chi connectivity index (χ4v) is 4.15. The molecule has 4 rings (SSSR count). The van der Waals surface area contributed by atoms with E-state index in [2.05, 4.69) is 20.9 Å². The number of pyridine rings is 1. The van der Waals surface area contributed by atoms with E-state index in [1.54, 1.807) is 24.3 Å². The van der Waals surface area contributed by atoms with Gasteiger partial charge in [0.2, 0.25) is 5.91 Å². The molecule has 2 aliphatic heterocycles. The first-order valence-electron chi connectivity index (χ1n) is 10.6. The van der Waals surface area contributed by atoms with Crippen LogP contribution in [0.4, 0.5) is 5.69 Å². The first-order chi connectivity index (χ1) is 14.7. The van der Waals surface area contributed by atoms with E-state index in [4.69, 9.17) is 4.74 Å². The van der Waals surface area contributed by atoms with Gasteiger partial charge >= 0.3 is 0 Å². The zero-order valence-corrected chi connectivity index (χ0v) is 17.4. The van der Waals surface area contributed by atoms with Crippen molar-refractivity contribution in [3.05, 3.63) is 54.4 Å². The van der Waals surface area contributed by atoms with Crippen LogP contribution in [0.25, 0.3) is 0 Å². The number of imide groups is 1. The average molecular weight is 409 g/mol. The number of hydrogen-bond donors (Lipinski definition) is 0. The Hall–Kier alpha value is -2.77. The Bertz CT molecular complexity index is 864. The van der Waals surface area contributed by atoms with Crippen molar-refractivity contribution in [1.29, 1.82) is 0 Å². The van der Waals surface area contributed by atoms with Crippen LogP contribution in [0.3, 0.4) is 0 Å². The molecule has 2 saturated heterocycles. The lowest BCUT2D eigenvalue weighted by atomic mass is 10.1. The normalized spacial score (nSPS) is 20.7. The third-order valence-electron chi connectivity index (χ3n) is 5.79. The Morgan fingerprint density at radius 2 is 1.80 bits per heavy atom. The molecule has 0 spiro atoms. The summed E-state index contributed by atoms with van der Waals surface area (Å²) in [6.45, 7) is 6.84. The molecule has 30 heavy (non-hydrogen) atoms. The third-order valence-corrected chi connectivity index (χ3v) is 5.79. The van der Waals surface area contributed by atoms with Gasteiger partial charge in [0.1, 0.15) is 5.75 Å². The Labute approximate surface area is 177 Å². The maximum absolute atomic E-state index is 13.0. The molecular weight excluding hydrogens is 380 g/mol. The maximum Gasteiger partial charge on any atom is 0.251 e. The quantitative estimate of drug-likeness (QED) is 0.653. The molecule has 1 atom stereocenters. The highest BCUT2D eigenvalue weighted by atomic mass is 16.5. The van der Waals surface area contributed by atoms with Crippen LogP contribution in [0, 0.1) is 0 Å². The van der Waals surface area contributed by atoms with Crippen molar-refractivity contribution < 1.29 is 14.3 Å². The largest absolute Gasteiger partial charge is 0.494 e. The highest BCUT2D eigenvalue weighted by Gasteiger charge is 2.43. The Morgan fingerprint density at radius 3 is 2.47 bits per heavy atom. The van der Waals surface area contributed by atoms with Crippen molar-refractivity contribution in [2.45, 2.75) is 25.8 Å². The lowest BCUT2D eigenvalue weighted by Gasteiger charge is -2.37. The van der Waals surface area contributed by atoms with Crippen molar-refractivity contribution >= 4 is 17.5 Å². The van der Waals surface area contributed by atoms with Gasteiger partial charge < -0.3 is 9.64 Å². The van der Waals surface area contributed by atoms with Gasteiger partial charge in [0.25, 0.3) is 5.91 Å². The molecule has 7 heteroatoms. The molecule has 3 heterocycles. The average Bonchev–Trinajstić information content (AvgIpc) is 3.08. The number of rotatable bonds is 7. The van der Waals surface area contributed by atoms with Crippen molar-refractivity contribution in [2.75, 3.05) is 44.2 Å². The number of benzene rings is 1. The van der Waals surface area contributed by atoms with Crippen molar-refractivity contribution in [1.82, 2.24) is 14.8 Å². The van der Waals surface area contributed by atoms with Crippen molar-refractivity contribution in [3.63, 3.8) is 0 Å². The number of aromatic nitrogens is 1. The number of ether oxygens (including phenoxy) is 1. The zero-order chi connectivity index (χ0) is 20.9. The molecule has 2 amide bonds. The zero-order valence-electron chi connectivity index (χ0n) is 17.4. The molecule has 0 aliphatic carbocycles. The van der Waals surface area contributed by atoms with Gasteiger partial charge in [-0.2, -0.15) is 0 Å². The standard InChI is InChI=1S/C23H28N4O3/c1-2-30-20-8-6-19(7-9-20)27-22(28)17-21(23(27)29)26-15-13-25(14-16-26)12-10-18-5-3-4-11-24-18/h3-9,11,21H,2,10,12-17H2,1H3. The number of anilines is 1. The van der Waals surface area contributed by atoms with Crippen LogP contribution in [0.5, 0.6) is 5.75 Å². The molecule has 7 nitrogen and oxygen atoms in total. The highest BCUT2D eigenvalue weighted by molar-refractivity contribution is 6.22. The van der Waals surface area contributed by atoms with Crippen LogP contribution < -0.4 is 9.64 Å². The van der Waals surface area contributed by atoms with Gasteiger partial charge in [0, 0.05) is 51.0 Å². The SMILES string of the molecule is CCOc1ccc(N2C(=O)CC(N3CCN(CCc4ccccn4)CC3)C2=O)cc1.